The normalized spacial score (nSPS) is 19.8. The van der Waals surface area contributed by atoms with Crippen LogP contribution in [0.5, 0.6) is 0 Å². The fourth-order valence-corrected chi connectivity index (χ4v) is 2.50. The Kier molecular flexibility index (Phi) is 4.42. The summed E-state index contributed by atoms with van der Waals surface area (Å²) in [6, 6.07) is 2.20. The van der Waals surface area contributed by atoms with Crippen LogP contribution in [0.25, 0.3) is 0 Å². The van der Waals surface area contributed by atoms with E-state index in [0.717, 1.165) is 31.7 Å². The van der Waals surface area contributed by atoms with E-state index in [0.29, 0.717) is 11.6 Å². The highest BCUT2D eigenvalue weighted by Crippen LogP contribution is 2.15. The molecule has 2 rings (SSSR count). The zero-order valence-electron chi connectivity index (χ0n) is 11.2. The van der Waals surface area contributed by atoms with Gasteiger partial charge in [0.2, 0.25) is 0 Å². The summed E-state index contributed by atoms with van der Waals surface area (Å²) in [6.07, 6.45) is 6.01. The van der Waals surface area contributed by atoms with Gasteiger partial charge in [-0.2, -0.15) is 0 Å². The van der Waals surface area contributed by atoms with Crippen molar-refractivity contribution in [3.63, 3.8) is 0 Å². The third-order valence-corrected chi connectivity index (χ3v) is 3.55. The first-order valence-corrected chi connectivity index (χ1v) is 6.77. The van der Waals surface area contributed by atoms with Crippen molar-refractivity contribution in [1.29, 1.82) is 0 Å². The van der Waals surface area contributed by atoms with Crippen LogP contribution in [0.2, 0.25) is 0 Å². The lowest BCUT2D eigenvalue weighted by atomic mass is 10.0. The van der Waals surface area contributed by atoms with Crippen LogP contribution in [-0.2, 0) is 6.42 Å². The molecule has 100 valence electrons. The molecule has 1 amide bonds. The fraction of sp³-hybridized carbons (Fsp3) is 0.643. The number of hydrogen-bond donors (Lipinski definition) is 1. The summed E-state index contributed by atoms with van der Waals surface area (Å²) < 4.78 is 5.31. The third-order valence-electron chi connectivity index (χ3n) is 3.55. The van der Waals surface area contributed by atoms with Crippen molar-refractivity contribution in [1.82, 2.24) is 10.2 Å². The van der Waals surface area contributed by atoms with Gasteiger partial charge in [0.1, 0.15) is 5.76 Å². The maximum Gasteiger partial charge on any atom is 0.257 e. The van der Waals surface area contributed by atoms with Crippen LogP contribution in [-0.4, -0.2) is 37.0 Å². The Hall–Kier alpha value is -1.29. The zero-order valence-corrected chi connectivity index (χ0v) is 11.2. The molecule has 18 heavy (non-hydrogen) atoms. The van der Waals surface area contributed by atoms with Crippen molar-refractivity contribution in [2.45, 2.75) is 38.6 Å². The molecule has 0 saturated carbocycles. The molecule has 0 spiro atoms. The Balaban J connectivity index is 1.95. The number of rotatable bonds is 4. The average molecular weight is 250 g/mol. The highest BCUT2D eigenvalue weighted by molar-refractivity contribution is 5.95. The summed E-state index contributed by atoms with van der Waals surface area (Å²) in [7, 11) is 1.87. The molecule has 1 N–H and O–H groups in total. The van der Waals surface area contributed by atoms with Gasteiger partial charge in [0, 0.05) is 26.1 Å². The minimum Gasteiger partial charge on any atom is -0.469 e. The first-order valence-electron chi connectivity index (χ1n) is 6.77. The summed E-state index contributed by atoms with van der Waals surface area (Å²) in [6.45, 7) is 3.84. The highest BCUT2D eigenvalue weighted by Gasteiger charge is 2.21. The van der Waals surface area contributed by atoms with E-state index in [9.17, 15) is 4.79 Å². The van der Waals surface area contributed by atoms with Gasteiger partial charge in [0.05, 0.1) is 11.8 Å². The molecule has 0 aromatic carbocycles. The number of piperidine rings is 1. The lowest BCUT2D eigenvalue weighted by molar-refractivity contribution is 0.0773. The molecule has 1 aromatic heterocycles. The number of carbonyl (C=O) groups is 1. The van der Waals surface area contributed by atoms with E-state index in [-0.39, 0.29) is 5.91 Å². The van der Waals surface area contributed by atoms with Crippen LogP contribution >= 0.6 is 0 Å². The van der Waals surface area contributed by atoms with Gasteiger partial charge in [-0.3, -0.25) is 4.79 Å². The molecule has 4 heteroatoms. The van der Waals surface area contributed by atoms with Crippen molar-refractivity contribution in [2.75, 3.05) is 20.1 Å². The Labute approximate surface area is 108 Å². The minimum absolute atomic E-state index is 0.0629. The number of carbonyl (C=O) groups excluding carboxylic acids is 1. The van der Waals surface area contributed by atoms with E-state index in [1.54, 1.807) is 17.2 Å². The van der Waals surface area contributed by atoms with Gasteiger partial charge in [0.25, 0.3) is 5.91 Å². The lowest BCUT2D eigenvalue weighted by Crippen LogP contribution is -2.44. The first-order chi connectivity index (χ1) is 8.72. The first kappa shape index (κ1) is 13.1. The van der Waals surface area contributed by atoms with Crippen molar-refractivity contribution < 1.29 is 9.21 Å². The Bertz CT molecular complexity index is 394. The van der Waals surface area contributed by atoms with Crippen LogP contribution in [0, 0.1) is 0 Å². The number of likely N-dealkylation sites (N-methyl/N-ethyl adjacent to an activating group) is 1. The van der Waals surface area contributed by atoms with Gasteiger partial charge < -0.3 is 14.6 Å². The van der Waals surface area contributed by atoms with Gasteiger partial charge in [0.15, 0.2) is 0 Å². The molecule has 1 saturated heterocycles. The molecule has 1 aliphatic heterocycles. The maximum absolute atomic E-state index is 12.3. The molecule has 1 fully saturated rings. The number of hydrogen-bond acceptors (Lipinski definition) is 3. The summed E-state index contributed by atoms with van der Waals surface area (Å²) in [5.74, 6) is 0.844. The van der Waals surface area contributed by atoms with Crippen molar-refractivity contribution in [2.24, 2.45) is 0 Å². The number of aryl methyl sites for hydroxylation is 1. The predicted molar refractivity (Wildman–Crippen MR) is 70.7 cm³/mol. The molecule has 1 aliphatic rings. The second-order valence-corrected chi connectivity index (χ2v) is 4.94. The van der Waals surface area contributed by atoms with Crippen LogP contribution < -0.4 is 5.32 Å². The summed E-state index contributed by atoms with van der Waals surface area (Å²) in [5, 5.41) is 3.46. The molecular formula is C14H22N2O2. The molecule has 0 radical (unpaired) electrons. The van der Waals surface area contributed by atoms with Gasteiger partial charge in [-0.1, -0.05) is 13.3 Å². The van der Waals surface area contributed by atoms with Crippen molar-refractivity contribution in [3.8, 4) is 0 Å². The average Bonchev–Trinajstić information content (AvgIpc) is 2.87. The molecule has 0 bridgehead atoms. The van der Waals surface area contributed by atoms with Crippen LogP contribution in [0.15, 0.2) is 16.7 Å². The standard InChI is InChI=1S/C14H22N2O2/c1-3-13-12(7-9-18-13)14(17)16(2)10-11-6-4-5-8-15-11/h7,9,11,15H,3-6,8,10H2,1-2H3. The number of nitrogens with one attached hydrogen (secondary N) is 1. The molecule has 4 nitrogen and oxygen atoms in total. The molecule has 1 atom stereocenters. The maximum atomic E-state index is 12.3. The Morgan fingerprint density at radius 2 is 2.39 bits per heavy atom. The summed E-state index contributed by atoms with van der Waals surface area (Å²) in [4.78, 5) is 14.1. The van der Waals surface area contributed by atoms with Crippen molar-refractivity contribution in [3.05, 3.63) is 23.7 Å². The minimum atomic E-state index is 0.0629. The fourth-order valence-electron chi connectivity index (χ4n) is 2.50. The topological polar surface area (TPSA) is 45.5 Å². The lowest BCUT2D eigenvalue weighted by Gasteiger charge is -2.28. The summed E-state index contributed by atoms with van der Waals surface area (Å²) >= 11 is 0. The van der Waals surface area contributed by atoms with E-state index >= 15 is 0 Å². The largest absolute Gasteiger partial charge is 0.469 e. The molecule has 1 unspecified atom stereocenters. The quantitative estimate of drug-likeness (QED) is 0.889. The summed E-state index contributed by atoms with van der Waals surface area (Å²) in [5.41, 5.74) is 0.704. The van der Waals surface area contributed by atoms with Gasteiger partial charge >= 0.3 is 0 Å². The zero-order chi connectivity index (χ0) is 13.0. The van der Waals surface area contributed by atoms with Gasteiger partial charge in [-0.25, -0.2) is 0 Å². The van der Waals surface area contributed by atoms with E-state index in [1.807, 2.05) is 14.0 Å². The molecular weight excluding hydrogens is 228 g/mol. The monoisotopic (exact) mass is 250 g/mol. The Morgan fingerprint density at radius 1 is 1.56 bits per heavy atom. The third kappa shape index (κ3) is 2.93. The van der Waals surface area contributed by atoms with E-state index in [1.165, 1.54) is 12.8 Å². The van der Waals surface area contributed by atoms with Crippen molar-refractivity contribution >= 4 is 5.91 Å². The van der Waals surface area contributed by atoms with Gasteiger partial charge in [-0.05, 0) is 25.5 Å². The number of nitrogens with zero attached hydrogens (tertiary/aromatic N) is 1. The van der Waals surface area contributed by atoms with Gasteiger partial charge in [-0.15, -0.1) is 0 Å². The smallest absolute Gasteiger partial charge is 0.257 e. The van der Waals surface area contributed by atoms with Crippen LogP contribution in [0.4, 0.5) is 0 Å². The van der Waals surface area contributed by atoms with E-state index in [2.05, 4.69) is 5.32 Å². The SMILES string of the molecule is CCc1occc1C(=O)N(C)CC1CCCCN1. The number of amides is 1. The van der Waals surface area contributed by atoms with Crippen LogP contribution in [0.1, 0.15) is 42.3 Å². The van der Waals surface area contributed by atoms with E-state index < -0.39 is 0 Å². The second-order valence-electron chi connectivity index (χ2n) is 4.94. The molecule has 0 aliphatic carbocycles. The highest BCUT2D eigenvalue weighted by atomic mass is 16.3. The Morgan fingerprint density at radius 3 is 3.06 bits per heavy atom. The van der Waals surface area contributed by atoms with E-state index in [4.69, 9.17) is 4.42 Å². The number of furan rings is 1. The predicted octanol–water partition coefficient (Wildman–Crippen LogP) is 2.06. The van der Waals surface area contributed by atoms with Crippen LogP contribution in [0.3, 0.4) is 0 Å². The molecule has 1 aromatic rings. The molecule has 2 heterocycles. The second kappa shape index (κ2) is 6.05.